The number of rotatable bonds is 3. The molecule has 0 fully saturated rings. The van der Waals surface area contributed by atoms with Gasteiger partial charge in [-0.3, -0.25) is 4.79 Å². The van der Waals surface area contributed by atoms with Gasteiger partial charge in [0.15, 0.2) is 11.5 Å². The van der Waals surface area contributed by atoms with Crippen LogP contribution in [0, 0.1) is 11.3 Å². The van der Waals surface area contributed by atoms with E-state index >= 15 is 0 Å². The fraction of sp³-hybridized carbons (Fsp3) is 0.154. The average Bonchev–Trinajstić information content (AvgIpc) is 3.12. The molecule has 0 unspecified atom stereocenters. The lowest BCUT2D eigenvalue weighted by atomic mass is 10.2. The maximum Gasteiger partial charge on any atom is 0.263 e. The van der Waals surface area contributed by atoms with Gasteiger partial charge in [-0.05, 0) is 18.2 Å². The first-order chi connectivity index (χ1) is 9.78. The van der Waals surface area contributed by atoms with Crippen LogP contribution in [0.25, 0.3) is 10.6 Å². The summed E-state index contributed by atoms with van der Waals surface area (Å²) in [6.07, 6.45) is 1.50. The van der Waals surface area contributed by atoms with Crippen molar-refractivity contribution in [2.24, 2.45) is 0 Å². The van der Waals surface area contributed by atoms with E-state index in [0.29, 0.717) is 21.4 Å². The van der Waals surface area contributed by atoms with Crippen molar-refractivity contribution in [2.45, 2.75) is 0 Å². The number of hydrogen-bond donors (Lipinski definition) is 1. The molecule has 2 aromatic rings. The van der Waals surface area contributed by atoms with Crippen LogP contribution in [-0.4, -0.2) is 24.2 Å². The summed E-state index contributed by atoms with van der Waals surface area (Å²) in [5, 5.41) is 11.6. The van der Waals surface area contributed by atoms with Crippen molar-refractivity contribution in [3.63, 3.8) is 0 Å². The summed E-state index contributed by atoms with van der Waals surface area (Å²) in [6, 6.07) is 7.37. The molecule has 1 amide bonds. The predicted molar refractivity (Wildman–Crippen MR) is 71.6 cm³/mol. The summed E-state index contributed by atoms with van der Waals surface area (Å²) >= 11 is 1.26. The number of ether oxygens (including phenoxy) is 2. The lowest BCUT2D eigenvalue weighted by molar-refractivity contribution is 0.0962. The van der Waals surface area contributed by atoms with E-state index in [-0.39, 0.29) is 19.2 Å². The highest BCUT2D eigenvalue weighted by atomic mass is 32.1. The van der Waals surface area contributed by atoms with Gasteiger partial charge < -0.3 is 14.8 Å². The topological polar surface area (TPSA) is 84.2 Å². The Labute approximate surface area is 118 Å². The lowest BCUT2D eigenvalue weighted by Crippen LogP contribution is -2.22. The van der Waals surface area contributed by atoms with Crippen molar-refractivity contribution in [3.8, 4) is 28.1 Å². The first kappa shape index (κ1) is 12.4. The molecule has 0 bridgehead atoms. The standard InChI is InChI=1S/C13H9N3O3S/c14-3-4-15-12(17)11-6-16-13(20-11)8-1-2-9-10(5-8)19-7-18-9/h1-2,5-6H,4,7H2,(H,15,17). The molecular formula is C13H9N3O3S. The number of amides is 1. The van der Waals surface area contributed by atoms with Crippen molar-refractivity contribution >= 4 is 17.2 Å². The van der Waals surface area contributed by atoms with Crippen LogP contribution in [0.4, 0.5) is 0 Å². The van der Waals surface area contributed by atoms with Gasteiger partial charge in [-0.2, -0.15) is 5.26 Å². The highest BCUT2D eigenvalue weighted by Gasteiger charge is 2.16. The molecular weight excluding hydrogens is 278 g/mol. The van der Waals surface area contributed by atoms with Crippen LogP contribution in [0.1, 0.15) is 9.67 Å². The fourth-order valence-corrected chi connectivity index (χ4v) is 2.58. The van der Waals surface area contributed by atoms with Crippen LogP contribution in [0.3, 0.4) is 0 Å². The van der Waals surface area contributed by atoms with Crippen LogP contribution in [0.2, 0.25) is 0 Å². The zero-order valence-corrected chi connectivity index (χ0v) is 11.1. The Balaban J connectivity index is 1.83. The molecule has 1 aromatic carbocycles. The second kappa shape index (κ2) is 5.19. The molecule has 2 heterocycles. The third kappa shape index (κ3) is 2.29. The zero-order chi connectivity index (χ0) is 13.9. The monoisotopic (exact) mass is 287 g/mol. The van der Waals surface area contributed by atoms with E-state index in [1.807, 2.05) is 24.3 Å². The number of hydrogen-bond acceptors (Lipinski definition) is 6. The normalized spacial score (nSPS) is 11.9. The first-order valence-electron chi connectivity index (χ1n) is 5.79. The van der Waals surface area contributed by atoms with Gasteiger partial charge in [-0.15, -0.1) is 11.3 Å². The molecule has 20 heavy (non-hydrogen) atoms. The van der Waals surface area contributed by atoms with Gasteiger partial charge in [0.05, 0.1) is 12.3 Å². The Bertz CT molecular complexity index is 705. The summed E-state index contributed by atoms with van der Waals surface area (Å²) in [4.78, 5) is 16.4. The van der Waals surface area contributed by atoms with Crippen LogP contribution in [0.5, 0.6) is 11.5 Å². The van der Waals surface area contributed by atoms with Gasteiger partial charge in [0.2, 0.25) is 6.79 Å². The number of benzene rings is 1. The maximum absolute atomic E-state index is 11.7. The van der Waals surface area contributed by atoms with Crippen molar-refractivity contribution in [1.82, 2.24) is 10.3 Å². The van der Waals surface area contributed by atoms with Gasteiger partial charge in [-0.1, -0.05) is 0 Å². The lowest BCUT2D eigenvalue weighted by Gasteiger charge is -1.99. The second-order valence-electron chi connectivity index (χ2n) is 3.94. The molecule has 0 saturated heterocycles. The molecule has 0 aliphatic carbocycles. The minimum absolute atomic E-state index is 0.0178. The third-order valence-electron chi connectivity index (χ3n) is 2.68. The van der Waals surface area contributed by atoms with Gasteiger partial charge >= 0.3 is 0 Å². The van der Waals surface area contributed by atoms with Crippen molar-refractivity contribution in [2.75, 3.05) is 13.3 Å². The first-order valence-corrected chi connectivity index (χ1v) is 6.60. The van der Waals surface area contributed by atoms with Crippen molar-refractivity contribution in [3.05, 3.63) is 29.3 Å². The summed E-state index contributed by atoms with van der Waals surface area (Å²) < 4.78 is 10.6. The predicted octanol–water partition coefficient (Wildman–Crippen LogP) is 1.79. The Kier molecular flexibility index (Phi) is 3.23. The molecule has 0 saturated carbocycles. The molecule has 0 atom stereocenters. The van der Waals surface area contributed by atoms with Gasteiger partial charge in [0.25, 0.3) is 5.91 Å². The highest BCUT2D eigenvalue weighted by Crippen LogP contribution is 2.36. The molecule has 1 aromatic heterocycles. The quantitative estimate of drug-likeness (QED) is 0.870. The van der Waals surface area contributed by atoms with Gasteiger partial charge in [0, 0.05) is 5.56 Å². The fourth-order valence-electron chi connectivity index (χ4n) is 1.75. The molecule has 6 nitrogen and oxygen atoms in total. The molecule has 1 aliphatic rings. The smallest absolute Gasteiger partial charge is 0.263 e. The number of carbonyl (C=O) groups is 1. The summed E-state index contributed by atoms with van der Waals surface area (Å²) in [5.41, 5.74) is 0.860. The minimum Gasteiger partial charge on any atom is -0.454 e. The highest BCUT2D eigenvalue weighted by molar-refractivity contribution is 7.16. The van der Waals surface area contributed by atoms with E-state index in [0.717, 1.165) is 5.56 Å². The molecule has 7 heteroatoms. The van der Waals surface area contributed by atoms with E-state index in [1.165, 1.54) is 17.5 Å². The summed E-state index contributed by atoms with van der Waals surface area (Å²) in [7, 11) is 0. The van der Waals surface area contributed by atoms with E-state index in [9.17, 15) is 4.79 Å². The van der Waals surface area contributed by atoms with Crippen molar-refractivity contribution in [1.29, 1.82) is 5.26 Å². The molecule has 1 N–H and O–H groups in total. The molecule has 100 valence electrons. The summed E-state index contributed by atoms with van der Waals surface area (Å²) in [5.74, 6) is 1.08. The van der Waals surface area contributed by atoms with E-state index in [2.05, 4.69) is 10.3 Å². The number of aromatic nitrogens is 1. The van der Waals surface area contributed by atoms with Crippen LogP contribution in [0.15, 0.2) is 24.4 Å². The Morgan fingerprint density at radius 3 is 3.15 bits per heavy atom. The van der Waals surface area contributed by atoms with Gasteiger partial charge in [-0.25, -0.2) is 4.98 Å². The number of carbonyl (C=O) groups excluding carboxylic acids is 1. The third-order valence-corrected chi connectivity index (χ3v) is 3.72. The molecule has 0 radical (unpaired) electrons. The Morgan fingerprint density at radius 2 is 2.30 bits per heavy atom. The molecule has 1 aliphatic heterocycles. The number of fused-ring (bicyclic) bond motifs is 1. The number of thiazole rings is 1. The van der Waals surface area contributed by atoms with Crippen LogP contribution < -0.4 is 14.8 Å². The molecule has 3 rings (SSSR count). The second-order valence-corrected chi connectivity index (χ2v) is 4.97. The van der Waals surface area contributed by atoms with E-state index in [1.54, 1.807) is 0 Å². The number of nitriles is 1. The summed E-state index contributed by atoms with van der Waals surface area (Å²) in [6.45, 7) is 0.203. The Hall–Kier alpha value is -2.59. The van der Waals surface area contributed by atoms with Crippen LogP contribution in [-0.2, 0) is 0 Å². The van der Waals surface area contributed by atoms with E-state index < -0.39 is 0 Å². The van der Waals surface area contributed by atoms with E-state index in [4.69, 9.17) is 14.7 Å². The van der Waals surface area contributed by atoms with Gasteiger partial charge in [0.1, 0.15) is 16.4 Å². The number of nitrogens with zero attached hydrogens (tertiary/aromatic N) is 2. The number of nitrogens with one attached hydrogen (secondary N) is 1. The maximum atomic E-state index is 11.7. The van der Waals surface area contributed by atoms with Crippen LogP contribution >= 0.6 is 11.3 Å². The largest absolute Gasteiger partial charge is 0.454 e. The van der Waals surface area contributed by atoms with Crippen molar-refractivity contribution < 1.29 is 14.3 Å². The zero-order valence-electron chi connectivity index (χ0n) is 10.3. The average molecular weight is 287 g/mol. The minimum atomic E-state index is -0.295. The SMILES string of the molecule is N#CCNC(=O)c1cnc(-c2ccc3c(c2)OCO3)s1. The molecule has 0 spiro atoms. The Morgan fingerprint density at radius 1 is 1.45 bits per heavy atom.